The van der Waals surface area contributed by atoms with Crippen LogP contribution in [0.25, 0.3) is 10.8 Å². The summed E-state index contributed by atoms with van der Waals surface area (Å²) in [5, 5.41) is 27.0. The SMILES string of the molecule is O=C(COc1ccc2ccccc2c1)Nc1nonc1/C(=N/O)Nc1ccc(F)c(Br)c1. The molecule has 32 heavy (non-hydrogen) atoms. The van der Waals surface area contributed by atoms with Gasteiger partial charge in [0.15, 0.2) is 12.3 Å². The number of nitrogens with one attached hydrogen (secondary N) is 2. The highest BCUT2D eigenvalue weighted by molar-refractivity contribution is 9.10. The van der Waals surface area contributed by atoms with Crippen LogP contribution in [0.15, 0.2) is 74.9 Å². The lowest BCUT2D eigenvalue weighted by molar-refractivity contribution is -0.118. The topological polar surface area (TPSA) is 122 Å². The number of rotatable bonds is 6. The standard InChI is InChI=1S/C21H15BrFN5O4/c22-16-10-14(6-8-17(16)23)24-20(26-30)19-21(28-32-27-19)25-18(29)11-31-15-7-5-12-3-1-2-4-13(12)9-15/h1-10,30H,11H2,(H,24,26)(H,25,28,29). The van der Waals surface area contributed by atoms with Gasteiger partial charge in [0.05, 0.1) is 4.47 Å². The van der Waals surface area contributed by atoms with Crippen molar-refractivity contribution >= 4 is 50.0 Å². The molecule has 0 aliphatic rings. The molecule has 1 heterocycles. The minimum Gasteiger partial charge on any atom is -0.484 e. The molecule has 162 valence electrons. The summed E-state index contributed by atoms with van der Waals surface area (Å²) in [5.74, 6) is -0.718. The molecule has 0 atom stereocenters. The quantitative estimate of drug-likeness (QED) is 0.155. The number of hydrogen-bond donors (Lipinski definition) is 3. The fraction of sp³-hybridized carbons (Fsp3) is 0.0476. The highest BCUT2D eigenvalue weighted by atomic mass is 79.9. The third-order valence-corrected chi connectivity index (χ3v) is 4.95. The predicted octanol–water partition coefficient (Wildman–Crippen LogP) is 4.39. The Kier molecular flexibility index (Phi) is 6.26. The average Bonchev–Trinajstić information content (AvgIpc) is 3.26. The molecule has 0 aliphatic heterocycles. The van der Waals surface area contributed by atoms with Gasteiger partial charge in [0, 0.05) is 5.69 Å². The van der Waals surface area contributed by atoms with Gasteiger partial charge >= 0.3 is 0 Å². The fourth-order valence-electron chi connectivity index (χ4n) is 2.84. The van der Waals surface area contributed by atoms with Gasteiger partial charge in [-0.05, 0) is 67.3 Å². The zero-order chi connectivity index (χ0) is 22.5. The van der Waals surface area contributed by atoms with Gasteiger partial charge < -0.3 is 20.6 Å². The number of halogens is 2. The van der Waals surface area contributed by atoms with Crippen molar-refractivity contribution < 1.29 is 23.8 Å². The van der Waals surface area contributed by atoms with Crippen LogP contribution in [0.1, 0.15) is 5.69 Å². The molecule has 4 rings (SSSR count). The third-order valence-electron chi connectivity index (χ3n) is 4.34. The van der Waals surface area contributed by atoms with Gasteiger partial charge in [-0.2, -0.15) is 0 Å². The van der Waals surface area contributed by atoms with Gasteiger partial charge in [0.2, 0.25) is 11.7 Å². The van der Waals surface area contributed by atoms with Crippen LogP contribution >= 0.6 is 15.9 Å². The Labute approximate surface area is 189 Å². The summed E-state index contributed by atoms with van der Waals surface area (Å²) in [6.45, 7) is -0.297. The smallest absolute Gasteiger partial charge is 0.263 e. The largest absolute Gasteiger partial charge is 0.484 e. The van der Waals surface area contributed by atoms with Crippen molar-refractivity contribution in [2.45, 2.75) is 0 Å². The van der Waals surface area contributed by atoms with Crippen molar-refractivity contribution in [3.63, 3.8) is 0 Å². The van der Waals surface area contributed by atoms with E-state index in [0.717, 1.165) is 10.8 Å². The van der Waals surface area contributed by atoms with E-state index in [-0.39, 0.29) is 28.4 Å². The molecule has 3 N–H and O–H groups in total. The second-order valence-electron chi connectivity index (χ2n) is 6.51. The number of carbonyl (C=O) groups excluding carboxylic acids is 1. The first-order valence-corrected chi connectivity index (χ1v) is 10.0. The van der Waals surface area contributed by atoms with Crippen LogP contribution in [0, 0.1) is 5.82 Å². The minimum absolute atomic E-state index is 0.0630. The van der Waals surface area contributed by atoms with Gasteiger partial charge in [-0.1, -0.05) is 35.5 Å². The van der Waals surface area contributed by atoms with E-state index in [1.807, 2.05) is 36.4 Å². The Hall–Kier alpha value is -3.99. The Bertz CT molecular complexity index is 1310. The number of benzene rings is 3. The molecule has 0 bridgehead atoms. The molecule has 0 fully saturated rings. The number of oxime groups is 1. The molecule has 0 saturated carbocycles. The molecule has 4 aromatic rings. The molecular weight excluding hydrogens is 485 g/mol. The third kappa shape index (κ3) is 4.83. The summed E-state index contributed by atoms with van der Waals surface area (Å²) in [5.41, 5.74) is 0.331. The maximum Gasteiger partial charge on any atom is 0.263 e. The highest BCUT2D eigenvalue weighted by Crippen LogP contribution is 2.22. The molecule has 0 radical (unpaired) electrons. The van der Waals surface area contributed by atoms with E-state index in [9.17, 15) is 14.4 Å². The first-order chi connectivity index (χ1) is 15.5. The predicted molar refractivity (Wildman–Crippen MR) is 118 cm³/mol. The lowest BCUT2D eigenvalue weighted by Crippen LogP contribution is -2.23. The van der Waals surface area contributed by atoms with Crippen molar-refractivity contribution in [3.05, 3.63) is 76.6 Å². The normalized spacial score (nSPS) is 11.4. The summed E-state index contributed by atoms with van der Waals surface area (Å²) in [6.07, 6.45) is 0. The van der Waals surface area contributed by atoms with Gasteiger partial charge in [-0.15, -0.1) is 0 Å². The van der Waals surface area contributed by atoms with Crippen LogP contribution in [-0.4, -0.2) is 33.9 Å². The summed E-state index contributed by atoms with van der Waals surface area (Å²) >= 11 is 3.07. The highest BCUT2D eigenvalue weighted by Gasteiger charge is 2.20. The van der Waals surface area contributed by atoms with Gasteiger partial charge in [0.25, 0.3) is 5.91 Å². The van der Waals surface area contributed by atoms with E-state index in [2.05, 4.69) is 46.7 Å². The minimum atomic E-state index is -0.531. The Balaban J connectivity index is 1.41. The number of fused-ring (bicyclic) bond motifs is 1. The van der Waals surface area contributed by atoms with Gasteiger partial charge in [-0.25, -0.2) is 9.02 Å². The number of amides is 1. The molecule has 3 aromatic carbocycles. The zero-order valence-corrected chi connectivity index (χ0v) is 17.8. The number of aromatic nitrogens is 2. The second-order valence-corrected chi connectivity index (χ2v) is 7.36. The van der Waals surface area contributed by atoms with Crippen LogP contribution < -0.4 is 15.4 Å². The fourth-order valence-corrected chi connectivity index (χ4v) is 3.22. The summed E-state index contributed by atoms with van der Waals surface area (Å²) in [4.78, 5) is 12.3. The van der Waals surface area contributed by atoms with Crippen LogP contribution in [0.5, 0.6) is 5.75 Å². The van der Waals surface area contributed by atoms with Crippen molar-refractivity contribution in [1.29, 1.82) is 0 Å². The lowest BCUT2D eigenvalue weighted by atomic mass is 10.1. The number of hydrogen-bond acceptors (Lipinski definition) is 7. The van der Waals surface area contributed by atoms with Crippen molar-refractivity contribution in [2.75, 3.05) is 17.2 Å². The number of anilines is 2. The Morgan fingerprint density at radius 1 is 1.09 bits per heavy atom. The summed E-state index contributed by atoms with van der Waals surface area (Å²) in [7, 11) is 0. The first-order valence-electron chi connectivity index (χ1n) is 9.22. The van der Waals surface area contributed by atoms with E-state index in [4.69, 9.17) is 4.74 Å². The van der Waals surface area contributed by atoms with Crippen molar-refractivity contribution in [1.82, 2.24) is 10.3 Å². The average molecular weight is 500 g/mol. The maximum absolute atomic E-state index is 13.4. The second kappa shape index (κ2) is 9.43. The summed E-state index contributed by atoms with van der Waals surface area (Å²) < 4.78 is 23.8. The van der Waals surface area contributed by atoms with E-state index in [1.54, 1.807) is 6.07 Å². The van der Waals surface area contributed by atoms with Crippen LogP contribution in [0.3, 0.4) is 0 Å². The number of amidine groups is 1. The number of ether oxygens (including phenoxy) is 1. The Morgan fingerprint density at radius 2 is 1.91 bits per heavy atom. The van der Waals surface area contributed by atoms with Crippen molar-refractivity contribution in [2.24, 2.45) is 5.16 Å². The monoisotopic (exact) mass is 499 g/mol. The molecule has 0 spiro atoms. The molecular formula is C21H15BrFN5O4. The molecule has 1 aromatic heterocycles. The van der Waals surface area contributed by atoms with E-state index < -0.39 is 11.7 Å². The van der Waals surface area contributed by atoms with E-state index in [0.29, 0.717) is 11.4 Å². The molecule has 0 aliphatic carbocycles. The summed E-state index contributed by atoms with van der Waals surface area (Å²) in [6, 6.07) is 17.3. The van der Waals surface area contributed by atoms with Crippen LogP contribution in [0.4, 0.5) is 15.9 Å². The first kappa shape index (κ1) is 21.2. The van der Waals surface area contributed by atoms with E-state index >= 15 is 0 Å². The molecule has 0 unspecified atom stereocenters. The number of carbonyl (C=O) groups is 1. The molecule has 0 saturated heterocycles. The van der Waals surface area contributed by atoms with Gasteiger partial charge in [-0.3, -0.25) is 4.79 Å². The van der Waals surface area contributed by atoms with Crippen LogP contribution in [-0.2, 0) is 4.79 Å². The number of nitrogens with zero attached hydrogens (tertiary/aromatic N) is 3. The molecule has 1 amide bonds. The van der Waals surface area contributed by atoms with E-state index in [1.165, 1.54) is 18.2 Å². The maximum atomic E-state index is 13.4. The van der Waals surface area contributed by atoms with Gasteiger partial charge in [0.1, 0.15) is 11.6 Å². The molecule has 11 heteroatoms. The Morgan fingerprint density at radius 3 is 2.69 bits per heavy atom. The zero-order valence-electron chi connectivity index (χ0n) is 16.3. The lowest BCUT2D eigenvalue weighted by Gasteiger charge is -2.09. The molecule has 9 nitrogen and oxygen atoms in total. The van der Waals surface area contributed by atoms with Crippen LogP contribution in [0.2, 0.25) is 0 Å². The van der Waals surface area contributed by atoms with Crippen molar-refractivity contribution in [3.8, 4) is 5.75 Å².